The second-order valence-electron chi connectivity index (χ2n) is 9.44. The Bertz CT molecular complexity index is 1190. The van der Waals surface area contributed by atoms with Gasteiger partial charge in [-0.2, -0.15) is 0 Å². The predicted molar refractivity (Wildman–Crippen MR) is 135 cm³/mol. The summed E-state index contributed by atoms with van der Waals surface area (Å²) in [7, 11) is 1.59. The number of H-pyrrole nitrogens is 1. The molecule has 0 bridgehead atoms. The highest BCUT2D eigenvalue weighted by Gasteiger charge is 2.37. The summed E-state index contributed by atoms with van der Waals surface area (Å²) in [5, 5.41) is 9.57. The Morgan fingerprint density at radius 2 is 1.74 bits per heavy atom. The van der Waals surface area contributed by atoms with Crippen LogP contribution >= 0.6 is 0 Å². The van der Waals surface area contributed by atoms with Crippen LogP contribution in [0.5, 0.6) is 5.75 Å². The van der Waals surface area contributed by atoms with Gasteiger partial charge in [0.25, 0.3) is 11.5 Å². The topological polar surface area (TPSA) is 95.5 Å². The number of nitrogens with zero attached hydrogens (tertiary/aromatic N) is 2. The molecule has 1 heterocycles. The molecule has 0 aliphatic heterocycles. The molecule has 1 aliphatic rings. The number of hydrogen-bond donors (Lipinski definition) is 2. The van der Waals surface area contributed by atoms with E-state index in [9.17, 15) is 14.7 Å². The number of aromatic amines is 1. The lowest BCUT2D eigenvalue weighted by atomic mass is 9.76. The molecular formula is C28H33N3O4. The SMILES string of the molecule is CC(CO)N(C)C(=O)c1nc(CC2(c3ccccc3)CCCC2)[nH]c(=O)c1OCc1ccccc1. The van der Waals surface area contributed by atoms with E-state index in [0.717, 1.165) is 31.2 Å². The highest BCUT2D eigenvalue weighted by molar-refractivity contribution is 5.94. The van der Waals surface area contributed by atoms with Crippen LogP contribution in [0.4, 0.5) is 0 Å². The molecule has 1 saturated carbocycles. The van der Waals surface area contributed by atoms with E-state index < -0.39 is 17.5 Å². The van der Waals surface area contributed by atoms with Gasteiger partial charge in [0.05, 0.1) is 12.6 Å². The van der Waals surface area contributed by atoms with E-state index in [1.807, 2.05) is 48.5 Å². The predicted octanol–water partition coefficient (Wildman–Crippen LogP) is 3.86. The second kappa shape index (κ2) is 10.9. The van der Waals surface area contributed by atoms with Crippen LogP contribution in [-0.4, -0.2) is 45.6 Å². The molecule has 2 aromatic carbocycles. The van der Waals surface area contributed by atoms with Gasteiger partial charge >= 0.3 is 0 Å². The third-order valence-electron chi connectivity index (χ3n) is 7.05. The summed E-state index contributed by atoms with van der Waals surface area (Å²) >= 11 is 0. The first kappa shape index (κ1) is 24.7. The normalized spacial score (nSPS) is 15.5. The number of carbonyl (C=O) groups excluding carboxylic acids is 1. The fourth-order valence-corrected chi connectivity index (χ4v) is 4.82. The van der Waals surface area contributed by atoms with Crippen LogP contribution in [0.15, 0.2) is 65.5 Å². The quantitative estimate of drug-likeness (QED) is 0.490. The molecule has 1 aromatic heterocycles. The molecule has 35 heavy (non-hydrogen) atoms. The number of aromatic nitrogens is 2. The molecule has 2 N–H and O–H groups in total. The first-order valence-corrected chi connectivity index (χ1v) is 12.2. The molecule has 0 radical (unpaired) electrons. The number of likely N-dealkylation sites (N-methyl/N-ethyl adjacent to an activating group) is 1. The highest BCUT2D eigenvalue weighted by atomic mass is 16.5. The van der Waals surface area contributed by atoms with E-state index in [0.29, 0.717) is 12.2 Å². The zero-order valence-corrected chi connectivity index (χ0v) is 20.4. The summed E-state index contributed by atoms with van der Waals surface area (Å²) < 4.78 is 5.86. The molecule has 1 unspecified atom stereocenters. The lowest BCUT2D eigenvalue weighted by Gasteiger charge is -2.29. The molecule has 7 nitrogen and oxygen atoms in total. The molecule has 1 aliphatic carbocycles. The number of hydrogen-bond acceptors (Lipinski definition) is 5. The van der Waals surface area contributed by atoms with Crippen molar-refractivity contribution in [1.29, 1.82) is 0 Å². The Labute approximate surface area is 205 Å². The summed E-state index contributed by atoms with van der Waals surface area (Å²) in [6, 6.07) is 19.3. The van der Waals surface area contributed by atoms with Crippen molar-refractivity contribution in [2.45, 2.75) is 57.1 Å². The summed E-state index contributed by atoms with van der Waals surface area (Å²) in [6.45, 7) is 1.67. The summed E-state index contributed by atoms with van der Waals surface area (Å²) in [5.74, 6) is -0.0804. The Hall–Kier alpha value is -3.45. The fourth-order valence-electron chi connectivity index (χ4n) is 4.82. The van der Waals surface area contributed by atoms with Gasteiger partial charge < -0.3 is 19.7 Å². The summed E-state index contributed by atoms with van der Waals surface area (Å²) in [6.07, 6.45) is 4.75. The van der Waals surface area contributed by atoms with Crippen molar-refractivity contribution in [3.8, 4) is 5.75 Å². The van der Waals surface area contributed by atoms with Crippen LogP contribution in [-0.2, 0) is 18.4 Å². The summed E-state index contributed by atoms with van der Waals surface area (Å²) in [5.41, 5.74) is 1.47. The minimum atomic E-state index is -0.472. The maximum absolute atomic E-state index is 13.4. The fraction of sp³-hybridized carbons (Fsp3) is 0.393. The van der Waals surface area contributed by atoms with E-state index in [4.69, 9.17) is 4.74 Å². The number of aliphatic hydroxyl groups is 1. The van der Waals surface area contributed by atoms with Crippen molar-refractivity contribution in [1.82, 2.24) is 14.9 Å². The van der Waals surface area contributed by atoms with E-state index in [1.54, 1.807) is 14.0 Å². The van der Waals surface area contributed by atoms with Gasteiger partial charge in [0.15, 0.2) is 5.69 Å². The van der Waals surface area contributed by atoms with Crippen molar-refractivity contribution in [3.63, 3.8) is 0 Å². The third-order valence-corrected chi connectivity index (χ3v) is 7.05. The van der Waals surface area contributed by atoms with Crippen molar-refractivity contribution >= 4 is 5.91 Å². The zero-order chi connectivity index (χ0) is 24.8. The minimum Gasteiger partial charge on any atom is -0.481 e. The molecule has 3 aromatic rings. The van der Waals surface area contributed by atoms with Crippen molar-refractivity contribution in [2.75, 3.05) is 13.7 Å². The Kier molecular flexibility index (Phi) is 7.66. The monoisotopic (exact) mass is 475 g/mol. The van der Waals surface area contributed by atoms with Crippen LogP contribution in [0.2, 0.25) is 0 Å². The molecule has 4 rings (SSSR count). The number of aliphatic hydroxyl groups excluding tert-OH is 1. The average molecular weight is 476 g/mol. The zero-order valence-electron chi connectivity index (χ0n) is 20.4. The number of ether oxygens (including phenoxy) is 1. The molecule has 1 fully saturated rings. The van der Waals surface area contributed by atoms with Gasteiger partial charge in [-0.1, -0.05) is 73.5 Å². The number of nitrogens with one attached hydrogen (secondary N) is 1. The van der Waals surface area contributed by atoms with Crippen LogP contribution in [0.25, 0.3) is 0 Å². The Balaban J connectivity index is 1.71. The highest BCUT2D eigenvalue weighted by Crippen LogP contribution is 2.43. The van der Waals surface area contributed by atoms with Gasteiger partial charge in [-0.25, -0.2) is 4.98 Å². The van der Waals surface area contributed by atoms with Crippen molar-refractivity contribution in [2.24, 2.45) is 0 Å². The van der Waals surface area contributed by atoms with Gasteiger partial charge in [-0.05, 0) is 30.9 Å². The van der Waals surface area contributed by atoms with Gasteiger partial charge in [0, 0.05) is 18.9 Å². The molecule has 0 saturated heterocycles. The third kappa shape index (κ3) is 5.46. The maximum atomic E-state index is 13.4. The standard InChI is InChI=1S/C28H33N3O4/c1-20(18-32)31(2)27(34)24-25(35-19-21-11-5-3-6-12-21)26(33)30-23(29-24)17-28(15-9-10-16-28)22-13-7-4-8-14-22/h3-8,11-14,20,32H,9-10,15-19H2,1-2H3,(H,29,30,33). The largest absolute Gasteiger partial charge is 0.481 e. The average Bonchev–Trinajstić information content (AvgIpc) is 3.37. The smallest absolute Gasteiger partial charge is 0.294 e. The second-order valence-corrected chi connectivity index (χ2v) is 9.44. The van der Waals surface area contributed by atoms with E-state index in [2.05, 4.69) is 22.1 Å². The van der Waals surface area contributed by atoms with Crippen molar-refractivity contribution in [3.05, 3.63) is 93.7 Å². The molecule has 184 valence electrons. The van der Waals surface area contributed by atoms with E-state index >= 15 is 0 Å². The molecule has 1 amide bonds. The molecule has 7 heteroatoms. The first-order valence-electron chi connectivity index (χ1n) is 12.2. The number of carbonyl (C=O) groups is 1. The van der Waals surface area contributed by atoms with Crippen molar-refractivity contribution < 1.29 is 14.6 Å². The van der Waals surface area contributed by atoms with Gasteiger partial charge in [-0.3, -0.25) is 9.59 Å². The van der Waals surface area contributed by atoms with E-state index in [1.165, 1.54) is 10.5 Å². The van der Waals surface area contributed by atoms with Crippen LogP contribution in [0.1, 0.15) is 60.0 Å². The van der Waals surface area contributed by atoms with Crippen LogP contribution in [0.3, 0.4) is 0 Å². The Morgan fingerprint density at radius 1 is 1.11 bits per heavy atom. The number of rotatable bonds is 9. The van der Waals surface area contributed by atoms with Crippen LogP contribution in [0, 0.1) is 0 Å². The lowest BCUT2D eigenvalue weighted by molar-refractivity contribution is 0.0669. The lowest BCUT2D eigenvalue weighted by Crippen LogP contribution is -2.39. The summed E-state index contributed by atoms with van der Waals surface area (Å²) in [4.78, 5) is 35.6. The van der Waals surface area contributed by atoms with Gasteiger partial charge in [0.2, 0.25) is 5.75 Å². The molecular weight excluding hydrogens is 442 g/mol. The first-order chi connectivity index (χ1) is 16.9. The Morgan fingerprint density at radius 3 is 2.37 bits per heavy atom. The minimum absolute atomic E-state index is 0.0244. The van der Waals surface area contributed by atoms with Crippen LogP contribution < -0.4 is 10.3 Å². The molecule has 0 spiro atoms. The molecule has 1 atom stereocenters. The van der Waals surface area contributed by atoms with Gasteiger partial charge in [-0.15, -0.1) is 0 Å². The van der Waals surface area contributed by atoms with E-state index in [-0.39, 0.29) is 30.1 Å². The maximum Gasteiger partial charge on any atom is 0.294 e. The van der Waals surface area contributed by atoms with Gasteiger partial charge in [0.1, 0.15) is 12.4 Å². The number of amides is 1. The number of benzene rings is 2.